The number of rotatable bonds is 4. The standard InChI is InChI=1S/C14H18ClFN2O/c1-14(2,7-17)18-13(19)9-6-8(9)12-10(15)4-3-5-11(12)16/h3-5,8-9H,6-7,17H2,1-2H3,(H,18,19). The summed E-state index contributed by atoms with van der Waals surface area (Å²) in [4.78, 5) is 12.1. The van der Waals surface area contributed by atoms with Gasteiger partial charge in [0.25, 0.3) is 0 Å². The lowest BCUT2D eigenvalue weighted by Gasteiger charge is -2.24. The van der Waals surface area contributed by atoms with Crippen molar-refractivity contribution < 1.29 is 9.18 Å². The Bertz CT molecular complexity index is 484. The Morgan fingerprint density at radius 2 is 2.26 bits per heavy atom. The van der Waals surface area contributed by atoms with Crippen LogP contribution in [0.15, 0.2) is 18.2 Å². The van der Waals surface area contributed by atoms with E-state index in [0.29, 0.717) is 23.6 Å². The predicted octanol–water partition coefficient (Wildman–Crippen LogP) is 2.44. The third-order valence-corrected chi connectivity index (χ3v) is 3.80. The molecule has 0 aliphatic heterocycles. The maximum atomic E-state index is 13.7. The number of carbonyl (C=O) groups is 1. The second kappa shape index (κ2) is 5.10. The van der Waals surface area contributed by atoms with Gasteiger partial charge >= 0.3 is 0 Å². The lowest BCUT2D eigenvalue weighted by Crippen LogP contribution is -2.49. The van der Waals surface area contributed by atoms with Crippen molar-refractivity contribution in [1.29, 1.82) is 0 Å². The first kappa shape index (κ1) is 14.3. The Morgan fingerprint density at radius 3 is 2.84 bits per heavy atom. The van der Waals surface area contributed by atoms with Gasteiger partial charge in [0, 0.05) is 34.5 Å². The fourth-order valence-electron chi connectivity index (χ4n) is 2.15. The average Bonchev–Trinajstić information content (AvgIpc) is 3.08. The van der Waals surface area contributed by atoms with Crippen LogP contribution in [0.2, 0.25) is 5.02 Å². The Balaban J connectivity index is 2.07. The van der Waals surface area contributed by atoms with Gasteiger partial charge in [-0.1, -0.05) is 17.7 Å². The highest BCUT2D eigenvalue weighted by molar-refractivity contribution is 6.31. The van der Waals surface area contributed by atoms with E-state index >= 15 is 0 Å². The van der Waals surface area contributed by atoms with Gasteiger partial charge in [-0.05, 0) is 32.4 Å². The minimum absolute atomic E-state index is 0.0835. The number of benzene rings is 1. The molecule has 3 N–H and O–H groups in total. The van der Waals surface area contributed by atoms with Crippen LogP contribution < -0.4 is 11.1 Å². The smallest absolute Gasteiger partial charge is 0.224 e. The van der Waals surface area contributed by atoms with Crippen molar-refractivity contribution in [3.8, 4) is 0 Å². The minimum atomic E-state index is -0.441. The van der Waals surface area contributed by atoms with Gasteiger partial charge in [-0.2, -0.15) is 0 Å². The first-order valence-electron chi connectivity index (χ1n) is 6.32. The summed E-state index contributed by atoms with van der Waals surface area (Å²) in [5, 5.41) is 3.26. The summed E-state index contributed by atoms with van der Waals surface area (Å²) in [6.45, 7) is 4.08. The molecule has 0 aromatic heterocycles. The third kappa shape index (κ3) is 3.07. The summed E-state index contributed by atoms with van der Waals surface area (Å²) in [6.07, 6.45) is 0.632. The van der Waals surface area contributed by atoms with Crippen LogP contribution >= 0.6 is 11.6 Å². The molecule has 1 aliphatic rings. The first-order chi connectivity index (χ1) is 8.85. The van der Waals surface area contributed by atoms with Gasteiger partial charge < -0.3 is 11.1 Å². The van der Waals surface area contributed by atoms with Crippen molar-refractivity contribution in [3.63, 3.8) is 0 Å². The minimum Gasteiger partial charge on any atom is -0.350 e. The molecule has 5 heteroatoms. The van der Waals surface area contributed by atoms with Crippen LogP contribution in [0.5, 0.6) is 0 Å². The van der Waals surface area contributed by atoms with Crippen LogP contribution in [-0.2, 0) is 4.79 Å². The summed E-state index contributed by atoms with van der Waals surface area (Å²) < 4.78 is 13.7. The lowest BCUT2D eigenvalue weighted by atomic mass is 10.0. The third-order valence-electron chi connectivity index (χ3n) is 3.47. The lowest BCUT2D eigenvalue weighted by molar-refractivity contribution is -0.123. The predicted molar refractivity (Wildman–Crippen MR) is 73.5 cm³/mol. The molecular weight excluding hydrogens is 267 g/mol. The zero-order chi connectivity index (χ0) is 14.2. The molecule has 19 heavy (non-hydrogen) atoms. The fraction of sp³-hybridized carbons (Fsp3) is 0.500. The molecule has 1 fully saturated rings. The summed E-state index contributed by atoms with van der Waals surface area (Å²) in [7, 11) is 0. The summed E-state index contributed by atoms with van der Waals surface area (Å²) in [5.74, 6) is -0.756. The molecule has 2 rings (SSSR count). The fourth-order valence-corrected chi connectivity index (χ4v) is 2.45. The monoisotopic (exact) mass is 284 g/mol. The maximum Gasteiger partial charge on any atom is 0.224 e. The summed E-state index contributed by atoms with van der Waals surface area (Å²) >= 11 is 6.00. The highest BCUT2D eigenvalue weighted by atomic mass is 35.5. The quantitative estimate of drug-likeness (QED) is 0.892. The van der Waals surface area contributed by atoms with Crippen LogP contribution in [0.25, 0.3) is 0 Å². The average molecular weight is 285 g/mol. The van der Waals surface area contributed by atoms with Crippen molar-refractivity contribution in [1.82, 2.24) is 5.32 Å². The molecule has 0 radical (unpaired) electrons. The Kier molecular flexibility index (Phi) is 3.83. The SMILES string of the molecule is CC(C)(CN)NC(=O)C1CC1c1c(F)cccc1Cl. The Morgan fingerprint density at radius 1 is 1.58 bits per heavy atom. The van der Waals surface area contributed by atoms with E-state index in [4.69, 9.17) is 17.3 Å². The zero-order valence-electron chi connectivity index (χ0n) is 11.0. The molecular formula is C14H18ClFN2O. The molecule has 0 spiro atoms. The second-order valence-electron chi connectivity index (χ2n) is 5.66. The number of nitrogens with two attached hydrogens (primary N) is 1. The molecule has 1 saturated carbocycles. The molecule has 3 nitrogen and oxygen atoms in total. The molecule has 2 unspecified atom stereocenters. The van der Waals surface area contributed by atoms with Gasteiger partial charge in [0.1, 0.15) is 5.82 Å². The van der Waals surface area contributed by atoms with Gasteiger partial charge in [0.05, 0.1) is 0 Å². The molecule has 1 aromatic carbocycles. The molecule has 2 atom stereocenters. The van der Waals surface area contributed by atoms with Gasteiger partial charge in [0.15, 0.2) is 0 Å². The number of amides is 1. The van der Waals surface area contributed by atoms with Crippen molar-refractivity contribution in [3.05, 3.63) is 34.6 Å². The normalized spacial score (nSPS) is 22.2. The molecule has 104 valence electrons. The Labute approximate surface area is 117 Å². The molecule has 0 bridgehead atoms. The number of hydrogen-bond acceptors (Lipinski definition) is 2. The summed E-state index contributed by atoms with van der Waals surface area (Å²) in [5.41, 5.74) is 5.59. The van der Waals surface area contributed by atoms with E-state index in [-0.39, 0.29) is 23.6 Å². The van der Waals surface area contributed by atoms with E-state index < -0.39 is 5.54 Å². The number of nitrogens with one attached hydrogen (secondary N) is 1. The van der Waals surface area contributed by atoms with Crippen LogP contribution in [0.4, 0.5) is 4.39 Å². The first-order valence-corrected chi connectivity index (χ1v) is 6.69. The Hall–Kier alpha value is -1.13. The van der Waals surface area contributed by atoms with E-state index in [1.807, 2.05) is 13.8 Å². The van der Waals surface area contributed by atoms with E-state index in [2.05, 4.69) is 5.32 Å². The van der Waals surface area contributed by atoms with Crippen molar-refractivity contribution in [2.45, 2.75) is 31.7 Å². The van der Waals surface area contributed by atoms with Gasteiger partial charge in [-0.3, -0.25) is 4.79 Å². The molecule has 1 aromatic rings. The van der Waals surface area contributed by atoms with Gasteiger partial charge in [-0.25, -0.2) is 4.39 Å². The van der Waals surface area contributed by atoms with Crippen molar-refractivity contribution >= 4 is 17.5 Å². The highest BCUT2D eigenvalue weighted by Gasteiger charge is 2.47. The van der Waals surface area contributed by atoms with Crippen LogP contribution in [-0.4, -0.2) is 18.0 Å². The number of hydrogen-bond donors (Lipinski definition) is 2. The van der Waals surface area contributed by atoms with Gasteiger partial charge in [-0.15, -0.1) is 0 Å². The van der Waals surface area contributed by atoms with E-state index in [0.717, 1.165) is 0 Å². The zero-order valence-corrected chi connectivity index (χ0v) is 11.8. The molecule has 1 aliphatic carbocycles. The molecule has 0 heterocycles. The number of halogens is 2. The highest BCUT2D eigenvalue weighted by Crippen LogP contribution is 2.50. The topological polar surface area (TPSA) is 55.1 Å². The van der Waals surface area contributed by atoms with Crippen molar-refractivity contribution in [2.75, 3.05) is 6.54 Å². The van der Waals surface area contributed by atoms with Crippen molar-refractivity contribution in [2.24, 2.45) is 11.7 Å². The van der Waals surface area contributed by atoms with Crippen LogP contribution in [0, 0.1) is 11.7 Å². The summed E-state index contributed by atoms with van der Waals surface area (Å²) in [6, 6.07) is 4.59. The van der Waals surface area contributed by atoms with Gasteiger partial charge in [0.2, 0.25) is 5.91 Å². The van der Waals surface area contributed by atoms with E-state index in [1.165, 1.54) is 6.07 Å². The maximum absolute atomic E-state index is 13.7. The molecule has 0 saturated heterocycles. The van der Waals surface area contributed by atoms with Crippen LogP contribution in [0.1, 0.15) is 31.7 Å². The number of carbonyl (C=O) groups excluding carboxylic acids is 1. The van der Waals surface area contributed by atoms with Crippen LogP contribution in [0.3, 0.4) is 0 Å². The second-order valence-corrected chi connectivity index (χ2v) is 6.07. The van der Waals surface area contributed by atoms with E-state index in [9.17, 15) is 9.18 Å². The molecule has 1 amide bonds. The van der Waals surface area contributed by atoms with E-state index in [1.54, 1.807) is 12.1 Å². The largest absolute Gasteiger partial charge is 0.350 e.